The molecule has 0 radical (unpaired) electrons. The highest BCUT2D eigenvalue weighted by Crippen LogP contribution is 2.20. The Morgan fingerprint density at radius 1 is 1.26 bits per heavy atom. The Kier molecular flexibility index (Phi) is 5.16. The number of hydrogen-bond donors (Lipinski definition) is 0. The first kappa shape index (κ1) is 16.2. The number of benzene rings is 1. The third kappa shape index (κ3) is 4.63. The van der Waals surface area contributed by atoms with Crippen molar-refractivity contribution in [3.63, 3.8) is 0 Å². The summed E-state index contributed by atoms with van der Waals surface area (Å²) in [5.41, 5.74) is 2.66. The Morgan fingerprint density at radius 3 is 2.37 bits per heavy atom. The van der Waals surface area contributed by atoms with Crippen LogP contribution in [0.2, 0.25) is 13.1 Å². The molecule has 2 heteroatoms. The summed E-state index contributed by atoms with van der Waals surface area (Å²) in [6.45, 7) is 15.3. The van der Waals surface area contributed by atoms with Crippen LogP contribution in [0.1, 0.15) is 46.6 Å². The fourth-order valence-corrected chi connectivity index (χ4v) is 5.14. The van der Waals surface area contributed by atoms with Crippen LogP contribution >= 0.6 is 0 Å². The van der Waals surface area contributed by atoms with E-state index in [9.17, 15) is 0 Å². The second kappa shape index (κ2) is 6.06. The molecule has 1 nitrogen and oxygen atoms in total. The van der Waals surface area contributed by atoms with Crippen LogP contribution in [0.4, 0.5) is 0 Å². The van der Waals surface area contributed by atoms with Crippen LogP contribution < -0.4 is 5.19 Å². The summed E-state index contributed by atoms with van der Waals surface area (Å²) in [5.74, 6) is 0. The molecule has 0 aliphatic rings. The lowest BCUT2D eigenvalue weighted by atomic mass is 10.0. The molecule has 1 rings (SSSR count). The maximum atomic E-state index is 6.33. The van der Waals surface area contributed by atoms with E-state index in [4.69, 9.17) is 4.43 Å². The zero-order chi connectivity index (χ0) is 14.7. The molecule has 0 spiro atoms. The Hall–Kier alpha value is -0.863. The van der Waals surface area contributed by atoms with Gasteiger partial charge in [-0.2, -0.15) is 0 Å². The predicted molar refractivity (Wildman–Crippen MR) is 88.3 cm³/mol. The van der Waals surface area contributed by atoms with Crippen molar-refractivity contribution in [1.29, 1.82) is 0 Å². The predicted octanol–water partition coefficient (Wildman–Crippen LogP) is 4.73. The van der Waals surface area contributed by atoms with Crippen LogP contribution in [-0.2, 0) is 4.43 Å². The molecular formula is C17H28OSi. The van der Waals surface area contributed by atoms with Crippen LogP contribution in [0.15, 0.2) is 30.3 Å². The Balaban J connectivity index is 3.11. The quantitative estimate of drug-likeness (QED) is 0.723. The van der Waals surface area contributed by atoms with Crippen LogP contribution in [0.25, 0.3) is 5.57 Å². The molecule has 0 bridgehead atoms. The van der Waals surface area contributed by atoms with Crippen molar-refractivity contribution in [2.75, 3.05) is 0 Å². The fraction of sp³-hybridized carbons (Fsp3) is 0.529. The first-order valence-corrected chi connectivity index (χ1v) is 10.1. The minimum Gasteiger partial charge on any atom is -0.408 e. The van der Waals surface area contributed by atoms with Gasteiger partial charge >= 0.3 is 0 Å². The smallest absolute Gasteiger partial charge is 0.218 e. The number of rotatable bonds is 4. The van der Waals surface area contributed by atoms with Crippen molar-refractivity contribution in [1.82, 2.24) is 0 Å². The Labute approximate surface area is 119 Å². The van der Waals surface area contributed by atoms with Crippen LogP contribution in [0.3, 0.4) is 0 Å². The molecule has 1 aromatic carbocycles. The maximum absolute atomic E-state index is 6.33. The van der Waals surface area contributed by atoms with Crippen LogP contribution in [-0.4, -0.2) is 13.9 Å². The van der Waals surface area contributed by atoms with Gasteiger partial charge in [-0.25, -0.2) is 0 Å². The average Bonchev–Trinajstić information content (AvgIpc) is 2.28. The third-order valence-electron chi connectivity index (χ3n) is 3.22. The highest BCUT2D eigenvalue weighted by molar-refractivity contribution is 6.84. The molecule has 0 amide bonds. The molecule has 1 aromatic rings. The molecule has 0 aromatic heterocycles. The van der Waals surface area contributed by atoms with Crippen LogP contribution in [0.5, 0.6) is 0 Å². The van der Waals surface area contributed by atoms with Crippen molar-refractivity contribution in [3.8, 4) is 0 Å². The molecule has 0 heterocycles. The summed E-state index contributed by atoms with van der Waals surface area (Å²) in [4.78, 5) is 0. The van der Waals surface area contributed by atoms with Gasteiger partial charge in [0.2, 0.25) is 8.32 Å². The van der Waals surface area contributed by atoms with E-state index in [0.717, 1.165) is 6.42 Å². The van der Waals surface area contributed by atoms with Crippen molar-refractivity contribution >= 4 is 19.1 Å². The fourth-order valence-electron chi connectivity index (χ4n) is 2.49. The van der Waals surface area contributed by atoms with Crippen molar-refractivity contribution in [2.24, 2.45) is 0 Å². The van der Waals surface area contributed by atoms with E-state index in [0.29, 0.717) is 0 Å². The van der Waals surface area contributed by atoms with Gasteiger partial charge < -0.3 is 4.43 Å². The van der Waals surface area contributed by atoms with E-state index >= 15 is 0 Å². The van der Waals surface area contributed by atoms with E-state index in [-0.39, 0.29) is 5.60 Å². The van der Waals surface area contributed by atoms with Gasteiger partial charge in [0.05, 0.1) is 0 Å². The van der Waals surface area contributed by atoms with Gasteiger partial charge in [0.1, 0.15) is 0 Å². The molecule has 0 saturated carbocycles. The molecule has 0 atom stereocenters. The minimum atomic E-state index is -1.84. The van der Waals surface area contributed by atoms with Gasteiger partial charge in [-0.1, -0.05) is 37.3 Å². The molecule has 0 aliphatic carbocycles. The highest BCUT2D eigenvalue weighted by Gasteiger charge is 2.30. The minimum absolute atomic E-state index is 0.0834. The van der Waals surface area contributed by atoms with E-state index in [1.165, 1.54) is 16.3 Å². The molecule has 19 heavy (non-hydrogen) atoms. The van der Waals surface area contributed by atoms with E-state index in [1.54, 1.807) is 0 Å². The summed E-state index contributed by atoms with van der Waals surface area (Å²) < 4.78 is 6.33. The highest BCUT2D eigenvalue weighted by atomic mass is 28.4. The van der Waals surface area contributed by atoms with Gasteiger partial charge in [0.25, 0.3) is 0 Å². The normalized spacial score (nSPS) is 13.7. The molecular weight excluding hydrogens is 248 g/mol. The first-order chi connectivity index (χ1) is 8.69. The largest absolute Gasteiger partial charge is 0.408 e. The Morgan fingerprint density at radius 2 is 1.89 bits per heavy atom. The summed E-state index contributed by atoms with van der Waals surface area (Å²) >= 11 is 0. The van der Waals surface area contributed by atoms with Crippen molar-refractivity contribution in [3.05, 3.63) is 35.9 Å². The van der Waals surface area contributed by atoms with Gasteiger partial charge in [-0.15, -0.1) is 0 Å². The average molecular weight is 276 g/mol. The lowest BCUT2D eigenvalue weighted by Crippen LogP contribution is -2.49. The van der Waals surface area contributed by atoms with Gasteiger partial charge in [0, 0.05) is 5.60 Å². The molecule has 0 N–H and O–H groups in total. The van der Waals surface area contributed by atoms with Gasteiger partial charge in [-0.05, 0) is 63.5 Å². The molecule has 0 saturated heterocycles. The standard InChI is InChI=1S/C17H28OSi/c1-8-14(9-2)15-11-10-12-16(13-15)19(6,7)18-17(3,4)5/h8,10-13H,9H2,1-7H3/b14-8+. The molecule has 0 unspecified atom stereocenters. The number of hydrogen-bond acceptors (Lipinski definition) is 1. The molecule has 0 aliphatic heterocycles. The van der Waals surface area contributed by atoms with Crippen molar-refractivity contribution < 1.29 is 4.43 Å². The van der Waals surface area contributed by atoms with Crippen molar-refractivity contribution in [2.45, 2.75) is 59.7 Å². The number of allylic oxidation sites excluding steroid dienone is 2. The second-order valence-corrected chi connectivity index (χ2v) is 10.3. The van der Waals surface area contributed by atoms with Crippen LogP contribution in [0, 0.1) is 0 Å². The Bertz CT molecular complexity index is 453. The van der Waals surface area contributed by atoms with Gasteiger partial charge in [-0.3, -0.25) is 0 Å². The first-order valence-electron chi connectivity index (χ1n) is 7.16. The van der Waals surface area contributed by atoms with Gasteiger partial charge in [0.15, 0.2) is 0 Å². The third-order valence-corrected chi connectivity index (χ3v) is 6.04. The monoisotopic (exact) mass is 276 g/mol. The van der Waals surface area contributed by atoms with E-state index < -0.39 is 8.32 Å². The lowest BCUT2D eigenvalue weighted by molar-refractivity contribution is 0.125. The summed E-state index contributed by atoms with van der Waals surface area (Å²) in [6, 6.07) is 8.88. The SMILES string of the molecule is C/C=C(\CC)c1cccc([Si](C)(C)OC(C)(C)C)c1. The summed E-state index contributed by atoms with van der Waals surface area (Å²) in [6.07, 6.45) is 3.28. The summed E-state index contributed by atoms with van der Waals surface area (Å²) in [5, 5.41) is 1.37. The topological polar surface area (TPSA) is 9.23 Å². The lowest BCUT2D eigenvalue weighted by Gasteiger charge is -2.33. The van der Waals surface area contributed by atoms with E-state index in [1.807, 2.05) is 0 Å². The molecule has 0 fully saturated rings. The second-order valence-electron chi connectivity index (χ2n) is 6.47. The molecule has 106 valence electrons. The van der Waals surface area contributed by atoms with E-state index in [2.05, 4.69) is 78.1 Å². The summed E-state index contributed by atoms with van der Waals surface area (Å²) in [7, 11) is -1.84. The zero-order valence-corrected chi connectivity index (χ0v) is 14.5. The maximum Gasteiger partial charge on any atom is 0.218 e. The zero-order valence-electron chi connectivity index (χ0n) is 13.5.